The van der Waals surface area contributed by atoms with E-state index in [1.54, 1.807) is 6.20 Å². The van der Waals surface area contributed by atoms with E-state index >= 15 is 0 Å². The molecule has 1 saturated carbocycles. The number of amides is 2. The Balaban J connectivity index is 1.69. The maximum atomic E-state index is 12.5. The molecule has 0 aliphatic heterocycles. The molecule has 0 radical (unpaired) electrons. The molecule has 3 rings (SSSR count). The summed E-state index contributed by atoms with van der Waals surface area (Å²) in [6.45, 7) is 2.28. The lowest BCUT2D eigenvalue weighted by molar-refractivity contribution is 0.226. The molecule has 4 heteroatoms. The molecular weight excluding hydrogens is 298 g/mol. The van der Waals surface area contributed by atoms with Crippen molar-refractivity contribution in [3.63, 3.8) is 0 Å². The largest absolute Gasteiger partial charge is 0.335 e. The number of urea groups is 1. The fraction of sp³-hybridized carbons (Fsp3) is 0.400. The molecule has 1 aromatic heterocycles. The summed E-state index contributed by atoms with van der Waals surface area (Å²) < 4.78 is 0. The van der Waals surface area contributed by atoms with Gasteiger partial charge in [0.1, 0.15) is 0 Å². The highest BCUT2D eigenvalue weighted by Gasteiger charge is 2.22. The monoisotopic (exact) mass is 323 g/mol. The second kappa shape index (κ2) is 7.95. The molecule has 1 unspecified atom stereocenters. The molecule has 1 aliphatic carbocycles. The lowest BCUT2D eigenvalue weighted by atomic mass is 9.87. The van der Waals surface area contributed by atoms with Gasteiger partial charge in [-0.2, -0.15) is 0 Å². The third-order valence-electron chi connectivity index (χ3n) is 4.74. The number of rotatable bonds is 4. The van der Waals surface area contributed by atoms with Crippen molar-refractivity contribution in [2.45, 2.75) is 44.7 Å². The molecule has 1 aliphatic rings. The van der Waals surface area contributed by atoms with E-state index in [9.17, 15) is 4.79 Å². The number of hydrogen-bond donors (Lipinski definition) is 2. The first kappa shape index (κ1) is 16.5. The fourth-order valence-electron chi connectivity index (χ4n) is 3.28. The van der Waals surface area contributed by atoms with Gasteiger partial charge >= 0.3 is 6.03 Å². The predicted molar refractivity (Wildman–Crippen MR) is 95.6 cm³/mol. The Labute approximate surface area is 143 Å². The van der Waals surface area contributed by atoms with Crippen LogP contribution in [0.3, 0.4) is 0 Å². The van der Waals surface area contributed by atoms with Gasteiger partial charge in [-0.25, -0.2) is 4.79 Å². The Morgan fingerprint density at radius 2 is 1.75 bits per heavy atom. The van der Waals surface area contributed by atoms with Crippen molar-refractivity contribution in [1.82, 2.24) is 15.6 Å². The van der Waals surface area contributed by atoms with Gasteiger partial charge < -0.3 is 10.6 Å². The summed E-state index contributed by atoms with van der Waals surface area (Å²) in [5, 5.41) is 6.23. The van der Waals surface area contributed by atoms with Crippen molar-refractivity contribution in [2.75, 3.05) is 0 Å². The minimum absolute atomic E-state index is 0.117. The zero-order chi connectivity index (χ0) is 16.8. The van der Waals surface area contributed by atoms with Crippen molar-refractivity contribution in [1.29, 1.82) is 0 Å². The molecule has 1 aromatic carbocycles. The van der Waals surface area contributed by atoms with Crippen LogP contribution in [0, 0.1) is 5.92 Å². The van der Waals surface area contributed by atoms with Gasteiger partial charge in [0.2, 0.25) is 0 Å². The standard InChI is InChI=1S/C20H25N3O/c1-15-10-12-17(13-11-15)22-20(24)23-19(16-7-3-2-4-8-16)18-9-5-6-14-21-18/h2-9,14-15,17,19H,10-13H2,1H3,(H2,22,23,24). The molecular formula is C20H25N3O. The number of carbonyl (C=O) groups is 1. The van der Waals surface area contributed by atoms with Crippen LogP contribution in [-0.2, 0) is 0 Å². The van der Waals surface area contributed by atoms with Crippen LogP contribution in [0.4, 0.5) is 4.79 Å². The van der Waals surface area contributed by atoms with Crippen molar-refractivity contribution in [3.8, 4) is 0 Å². The smallest absolute Gasteiger partial charge is 0.315 e. The number of pyridine rings is 1. The molecule has 0 saturated heterocycles. The van der Waals surface area contributed by atoms with Crippen molar-refractivity contribution in [3.05, 3.63) is 66.0 Å². The van der Waals surface area contributed by atoms with Crippen molar-refractivity contribution in [2.24, 2.45) is 5.92 Å². The molecule has 1 heterocycles. The number of aromatic nitrogens is 1. The number of benzene rings is 1. The molecule has 0 bridgehead atoms. The lowest BCUT2D eigenvalue weighted by Gasteiger charge is -2.28. The summed E-state index contributed by atoms with van der Waals surface area (Å²) >= 11 is 0. The van der Waals surface area contributed by atoms with E-state index in [0.717, 1.165) is 30.0 Å². The maximum absolute atomic E-state index is 12.5. The zero-order valence-electron chi connectivity index (χ0n) is 14.1. The summed E-state index contributed by atoms with van der Waals surface area (Å²) in [6, 6.07) is 15.7. The van der Waals surface area contributed by atoms with Crippen LogP contribution >= 0.6 is 0 Å². The van der Waals surface area contributed by atoms with E-state index in [2.05, 4.69) is 22.5 Å². The maximum Gasteiger partial charge on any atom is 0.315 e. The molecule has 2 N–H and O–H groups in total. The Morgan fingerprint density at radius 1 is 1.04 bits per heavy atom. The first-order valence-corrected chi connectivity index (χ1v) is 8.75. The Kier molecular flexibility index (Phi) is 5.47. The summed E-state index contributed by atoms with van der Waals surface area (Å²) in [5.74, 6) is 0.775. The number of hydrogen-bond acceptors (Lipinski definition) is 2. The third-order valence-corrected chi connectivity index (χ3v) is 4.74. The first-order chi connectivity index (χ1) is 11.7. The molecule has 2 amide bonds. The Hall–Kier alpha value is -2.36. The molecule has 1 atom stereocenters. The first-order valence-electron chi connectivity index (χ1n) is 8.75. The third kappa shape index (κ3) is 4.34. The van der Waals surface area contributed by atoms with Crippen molar-refractivity contribution >= 4 is 6.03 Å². The predicted octanol–water partition coefficient (Wildman–Crippen LogP) is 4.05. The zero-order valence-corrected chi connectivity index (χ0v) is 14.1. The van der Waals surface area contributed by atoms with Gasteiger partial charge in [0.15, 0.2) is 0 Å². The highest BCUT2D eigenvalue weighted by Crippen LogP contribution is 2.24. The second-order valence-corrected chi connectivity index (χ2v) is 6.67. The highest BCUT2D eigenvalue weighted by atomic mass is 16.2. The SMILES string of the molecule is CC1CCC(NC(=O)NC(c2ccccc2)c2ccccn2)CC1. The summed E-state index contributed by atoms with van der Waals surface area (Å²) in [4.78, 5) is 16.9. The minimum Gasteiger partial charge on any atom is -0.335 e. The number of nitrogens with zero attached hydrogens (tertiary/aromatic N) is 1. The van der Waals surface area contributed by atoms with Gasteiger partial charge in [0, 0.05) is 12.2 Å². The van der Waals surface area contributed by atoms with Crippen LogP contribution in [0.2, 0.25) is 0 Å². The molecule has 2 aromatic rings. The minimum atomic E-state index is -0.241. The van der Waals surface area contributed by atoms with E-state index in [-0.39, 0.29) is 18.1 Å². The second-order valence-electron chi connectivity index (χ2n) is 6.67. The van der Waals surface area contributed by atoms with Crippen LogP contribution in [0.25, 0.3) is 0 Å². The van der Waals surface area contributed by atoms with Crippen LogP contribution in [0.1, 0.15) is 49.9 Å². The summed E-state index contributed by atoms with van der Waals surface area (Å²) in [6.07, 6.45) is 6.26. The number of carbonyl (C=O) groups excluding carboxylic acids is 1. The average molecular weight is 323 g/mol. The topological polar surface area (TPSA) is 54.0 Å². The molecule has 4 nitrogen and oxygen atoms in total. The summed E-state index contributed by atoms with van der Waals surface area (Å²) in [7, 11) is 0. The molecule has 1 fully saturated rings. The van der Waals surface area contributed by atoms with E-state index in [0.29, 0.717) is 0 Å². The van der Waals surface area contributed by atoms with Crippen LogP contribution in [0.5, 0.6) is 0 Å². The molecule has 126 valence electrons. The van der Waals surface area contributed by atoms with Crippen LogP contribution < -0.4 is 10.6 Å². The van der Waals surface area contributed by atoms with E-state index in [1.807, 2.05) is 48.5 Å². The molecule has 0 spiro atoms. The Bertz CT molecular complexity index is 597. The quantitative estimate of drug-likeness (QED) is 0.892. The van der Waals surface area contributed by atoms with E-state index < -0.39 is 0 Å². The summed E-state index contributed by atoms with van der Waals surface area (Å²) in [5.41, 5.74) is 1.87. The number of nitrogens with one attached hydrogen (secondary N) is 2. The van der Waals surface area contributed by atoms with Gasteiger partial charge in [-0.05, 0) is 49.3 Å². The average Bonchev–Trinajstić information content (AvgIpc) is 2.63. The fourth-order valence-corrected chi connectivity index (χ4v) is 3.28. The van der Waals surface area contributed by atoms with Gasteiger partial charge in [-0.1, -0.05) is 43.3 Å². The van der Waals surface area contributed by atoms with E-state index in [1.165, 1.54) is 12.8 Å². The van der Waals surface area contributed by atoms with Gasteiger partial charge in [0.25, 0.3) is 0 Å². The van der Waals surface area contributed by atoms with Gasteiger partial charge in [-0.3, -0.25) is 4.98 Å². The van der Waals surface area contributed by atoms with Crippen molar-refractivity contribution < 1.29 is 4.79 Å². The van der Waals surface area contributed by atoms with Crippen LogP contribution in [-0.4, -0.2) is 17.1 Å². The van der Waals surface area contributed by atoms with E-state index in [4.69, 9.17) is 0 Å². The molecule has 24 heavy (non-hydrogen) atoms. The van der Waals surface area contributed by atoms with Crippen LogP contribution in [0.15, 0.2) is 54.7 Å². The normalized spacial score (nSPS) is 21.7. The Morgan fingerprint density at radius 3 is 2.42 bits per heavy atom. The highest BCUT2D eigenvalue weighted by molar-refractivity contribution is 5.75. The lowest BCUT2D eigenvalue weighted by Crippen LogP contribution is -2.45. The van der Waals surface area contributed by atoms with Gasteiger partial charge in [0.05, 0.1) is 11.7 Å². The van der Waals surface area contributed by atoms with Gasteiger partial charge in [-0.15, -0.1) is 0 Å².